The summed E-state index contributed by atoms with van der Waals surface area (Å²) in [4.78, 5) is -0.0639. The molecule has 5 heteroatoms. The van der Waals surface area contributed by atoms with Crippen LogP contribution in [0, 0.1) is 0 Å². The first-order valence-corrected chi connectivity index (χ1v) is 18.4. The Morgan fingerprint density at radius 3 is 1.37 bits per heavy atom. The summed E-state index contributed by atoms with van der Waals surface area (Å²) in [5, 5.41) is 1.56. The smallest absolute Gasteiger partial charge is 0.744 e. The monoisotopic (exact) mass is 610 g/mol. The molecular formula is C36H59KO3S. The van der Waals surface area contributed by atoms with Crippen LogP contribution in [0.1, 0.15) is 166 Å². The Hall–Kier alpha value is 0.246. The summed E-state index contributed by atoms with van der Waals surface area (Å²) in [5.41, 5.74) is 2.31. The van der Waals surface area contributed by atoms with Crippen LogP contribution in [-0.2, 0) is 23.0 Å². The van der Waals surface area contributed by atoms with Gasteiger partial charge in [-0.05, 0) is 59.7 Å². The molecule has 0 saturated carbocycles. The zero-order valence-corrected chi connectivity index (χ0v) is 30.9. The molecule has 0 fully saturated rings. The van der Waals surface area contributed by atoms with Crippen molar-refractivity contribution in [2.75, 3.05) is 0 Å². The SMILES string of the molecule is CCCCCCCCCCCCCc1ccc2c(CCCCCCCCCCCCC)ccc(S(=O)(=O)[O-])c2c1.[K+]. The van der Waals surface area contributed by atoms with Crippen LogP contribution in [0.2, 0.25) is 0 Å². The van der Waals surface area contributed by atoms with Crippen LogP contribution < -0.4 is 51.4 Å². The van der Waals surface area contributed by atoms with Gasteiger partial charge in [0, 0.05) is 0 Å². The maximum Gasteiger partial charge on any atom is 1.00 e. The molecular weight excluding hydrogens is 552 g/mol. The fraction of sp³-hybridized carbons (Fsp3) is 0.722. The zero-order chi connectivity index (χ0) is 28.9. The average Bonchev–Trinajstić information content (AvgIpc) is 2.93. The minimum absolute atomic E-state index is 0. The molecule has 0 unspecified atom stereocenters. The molecule has 2 aromatic carbocycles. The first kappa shape index (κ1) is 39.3. The molecule has 0 aliphatic rings. The predicted molar refractivity (Wildman–Crippen MR) is 172 cm³/mol. The minimum atomic E-state index is -4.50. The van der Waals surface area contributed by atoms with Gasteiger partial charge in [0.1, 0.15) is 10.1 Å². The van der Waals surface area contributed by atoms with Gasteiger partial charge in [-0.15, -0.1) is 0 Å². The number of hydrogen-bond acceptors (Lipinski definition) is 3. The summed E-state index contributed by atoms with van der Waals surface area (Å²) in [6.45, 7) is 4.53. The van der Waals surface area contributed by atoms with Gasteiger partial charge < -0.3 is 4.55 Å². The van der Waals surface area contributed by atoms with E-state index in [4.69, 9.17) is 0 Å². The molecule has 2 aromatic rings. The fourth-order valence-corrected chi connectivity index (χ4v) is 6.67. The van der Waals surface area contributed by atoms with Crippen molar-refractivity contribution in [2.45, 2.75) is 173 Å². The van der Waals surface area contributed by atoms with Crippen molar-refractivity contribution >= 4 is 20.9 Å². The molecule has 0 N–H and O–H groups in total. The molecule has 0 aliphatic carbocycles. The van der Waals surface area contributed by atoms with Gasteiger partial charge in [0.05, 0.1) is 4.90 Å². The second-order valence-electron chi connectivity index (χ2n) is 12.1. The van der Waals surface area contributed by atoms with E-state index in [0.29, 0.717) is 5.39 Å². The summed E-state index contributed by atoms with van der Waals surface area (Å²) in [6.07, 6.45) is 30.7. The molecule has 228 valence electrons. The third-order valence-electron chi connectivity index (χ3n) is 8.52. The van der Waals surface area contributed by atoms with E-state index in [1.165, 1.54) is 134 Å². The minimum Gasteiger partial charge on any atom is -0.744 e. The van der Waals surface area contributed by atoms with E-state index >= 15 is 0 Å². The Morgan fingerprint density at radius 1 is 0.512 bits per heavy atom. The van der Waals surface area contributed by atoms with Crippen molar-refractivity contribution < 1.29 is 64.4 Å². The number of fused-ring (bicyclic) bond motifs is 1. The predicted octanol–water partition coefficient (Wildman–Crippen LogP) is 8.45. The zero-order valence-electron chi connectivity index (χ0n) is 27.0. The molecule has 0 bridgehead atoms. The van der Waals surface area contributed by atoms with Crippen molar-refractivity contribution in [2.24, 2.45) is 0 Å². The maximum atomic E-state index is 12.0. The van der Waals surface area contributed by atoms with Gasteiger partial charge in [-0.2, -0.15) is 0 Å². The van der Waals surface area contributed by atoms with E-state index in [0.717, 1.165) is 36.6 Å². The van der Waals surface area contributed by atoms with E-state index in [2.05, 4.69) is 26.0 Å². The number of rotatable bonds is 25. The van der Waals surface area contributed by atoms with Crippen LogP contribution in [-0.4, -0.2) is 13.0 Å². The third-order valence-corrected chi connectivity index (χ3v) is 9.41. The molecule has 0 aliphatic heterocycles. The van der Waals surface area contributed by atoms with E-state index < -0.39 is 10.1 Å². The largest absolute Gasteiger partial charge is 1.00 e. The van der Waals surface area contributed by atoms with Crippen LogP contribution in [0.25, 0.3) is 10.8 Å². The second-order valence-corrected chi connectivity index (χ2v) is 13.5. The van der Waals surface area contributed by atoms with E-state index in [-0.39, 0.29) is 56.3 Å². The van der Waals surface area contributed by atoms with Gasteiger partial charge >= 0.3 is 51.4 Å². The van der Waals surface area contributed by atoms with Crippen molar-refractivity contribution in [3.05, 3.63) is 41.5 Å². The van der Waals surface area contributed by atoms with Crippen LogP contribution in [0.3, 0.4) is 0 Å². The van der Waals surface area contributed by atoms with Crippen molar-refractivity contribution in [3.63, 3.8) is 0 Å². The van der Waals surface area contributed by atoms with Crippen molar-refractivity contribution in [1.82, 2.24) is 0 Å². The molecule has 41 heavy (non-hydrogen) atoms. The van der Waals surface area contributed by atoms with E-state index in [9.17, 15) is 13.0 Å². The normalized spacial score (nSPS) is 11.7. The second kappa shape index (κ2) is 24.6. The fourth-order valence-electron chi connectivity index (χ4n) is 6.00. The van der Waals surface area contributed by atoms with Crippen molar-refractivity contribution in [1.29, 1.82) is 0 Å². The molecule has 0 amide bonds. The summed E-state index contributed by atoms with van der Waals surface area (Å²) in [7, 11) is -4.50. The van der Waals surface area contributed by atoms with Gasteiger partial charge in [0.15, 0.2) is 0 Å². The van der Waals surface area contributed by atoms with Crippen LogP contribution in [0.5, 0.6) is 0 Å². The van der Waals surface area contributed by atoms with Gasteiger partial charge in [-0.3, -0.25) is 0 Å². The molecule has 0 atom stereocenters. The molecule has 0 radical (unpaired) electrons. The Bertz CT molecular complexity index is 1030. The third kappa shape index (κ3) is 17.4. The number of aryl methyl sites for hydroxylation is 2. The first-order valence-electron chi connectivity index (χ1n) is 17.0. The summed E-state index contributed by atoms with van der Waals surface area (Å²) >= 11 is 0. The van der Waals surface area contributed by atoms with Crippen LogP contribution in [0.15, 0.2) is 35.2 Å². The molecule has 0 heterocycles. The Kier molecular flexibility index (Phi) is 23.5. The molecule has 0 aromatic heterocycles. The summed E-state index contributed by atoms with van der Waals surface area (Å²) < 4.78 is 36.1. The van der Waals surface area contributed by atoms with Crippen LogP contribution in [0.4, 0.5) is 0 Å². The molecule has 0 spiro atoms. The standard InChI is InChI=1S/C36H60O3S.K/c1-3-5-7-9-11-13-15-17-19-21-23-25-32-27-29-34-33(28-30-36(35(34)31-32)40(37,38)39)26-24-22-20-18-16-14-12-10-8-6-4-2;/h27-31H,3-26H2,1-2H3,(H,37,38,39);/q;+1/p-1. The average molecular weight is 611 g/mol. The molecule has 3 nitrogen and oxygen atoms in total. The maximum absolute atomic E-state index is 12.0. The van der Waals surface area contributed by atoms with E-state index in [1.54, 1.807) is 6.07 Å². The molecule has 2 rings (SSSR count). The Labute approximate surface area is 296 Å². The quantitative estimate of drug-likeness (QED) is 0.0644. The number of hydrogen-bond donors (Lipinski definition) is 0. The first-order chi connectivity index (χ1) is 19.5. The topological polar surface area (TPSA) is 57.2 Å². The van der Waals surface area contributed by atoms with Gasteiger partial charge in [0.25, 0.3) is 0 Å². The number of benzene rings is 2. The van der Waals surface area contributed by atoms with Crippen LogP contribution >= 0.6 is 0 Å². The summed E-state index contributed by atoms with van der Waals surface area (Å²) in [5.74, 6) is 0. The van der Waals surface area contributed by atoms with Gasteiger partial charge in [-0.25, -0.2) is 8.42 Å². The Balaban J connectivity index is 0.00000840. The Morgan fingerprint density at radius 2 is 0.927 bits per heavy atom. The molecule has 0 saturated heterocycles. The van der Waals surface area contributed by atoms with Crippen molar-refractivity contribution in [3.8, 4) is 0 Å². The van der Waals surface area contributed by atoms with Gasteiger partial charge in [0.2, 0.25) is 0 Å². The van der Waals surface area contributed by atoms with Gasteiger partial charge in [-0.1, -0.05) is 160 Å². The summed E-state index contributed by atoms with van der Waals surface area (Å²) in [6, 6.07) is 9.59. The van der Waals surface area contributed by atoms with E-state index in [1.807, 2.05) is 12.1 Å². The number of unbranched alkanes of at least 4 members (excludes halogenated alkanes) is 20.